The van der Waals surface area contributed by atoms with Crippen LogP contribution in [-0.2, 0) is 22.1 Å². The normalized spacial score (nSPS) is 21.9. The van der Waals surface area contributed by atoms with E-state index in [1.165, 1.54) is 4.90 Å². The lowest BCUT2D eigenvalue weighted by atomic mass is 10.1. The number of H-pyrrole nitrogens is 1. The lowest BCUT2D eigenvalue weighted by molar-refractivity contribution is 0.414. The summed E-state index contributed by atoms with van der Waals surface area (Å²) in [5, 5.41) is -0.372. The van der Waals surface area contributed by atoms with E-state index in [0.717, 1.165) is 0 Å². The van der Waals surface area contributed by atoms with E-state index in [-0.39, 0.29) is 11.9 Å². The van der Waals surface area contributed by atoms with Crippen LogP contribution in [0.5, 0.6) is 0 Å². The van der Waals surface area contributed by atoms with Crippen molar-refractivity contribution in [3.63, 3.8) is 0 Å². The molecule has 0 saturated heterocycles. The molecule has 1 heterocycles. The molecule has 0 fully saturated rings. The number of likely N-dealkylation sites (N-methyl/N-ethyl adjacent to an activating group) is 1. The number of benzene rings is 1. The molecular formula is C14H21N3O2S. The van der Waals surface area contributed by atoms with Crippen LogP contribution in [0.15, 0.2) is 24.3 Å². The van der Waals surface area contributed by atoms with Crippen molar-refractivity contribution < 1.29 is 23.6 Å². The Labute approximate surface area is 135 Å². The molecule has 0 unspecified atom stereocenters. The Morgan fingerprint density at radius 2 is 2.40 bits per heavy atom. The van der Waals surface area contributed by atoms with Crippen LogP contribution in [-0.4, -0.2) is 45.9 Å². The Bertz CT molecular complexity index is 1130. The highest BCUT2D eigenvalue weighted by molar-refractivity contribution is 7.88. The van der Waals surface area contributed by atoms with Crippen LogP contribution in [0.4, 0.5) is 0 Å². The number of fused-ring (bicyclic) bond motifs is 1. The number of rotatable bonds is 6. The van der Waals surface area contributed by atoms with E-state index in [0.29, 0.717) is 4.98 Å². The molecule has 0 amide bonds. The molecule has 1 aromatic heterocycles. The molecule has 0 aliphatic carbocycles. The third-order valence-corrected chi connectivity index (χ3v) is 3.34. The molecule has 0 atom stereocenters. The number of aromatic nitrogens is 1. The number of sulfonamides is 1. The highest BCUT2D eigenvalue weighted by Crippen LogP contribution is 2.21. The number of hydrogen-bond acceptors (Lipinski definition) is 3. The lowest BCUT2D eigenvalue weighted by Gasteiger charge is -2.08. The van der Waals surface area contributed by atoms with Crippen molar-refractivity contribution in [2.75, 3.05) is 27.6 Å². The fraction of sp³-hybridized carbons (Fsp3) is 0.429. The first-order chi connectivity index (χ1) is 13.8. The average molecular weight is 306 g/mol. The first-order valence-electron chi connectivity index (χ1n) is 11.0. The predicted octanol–water partition coefficient (Wildman–Crippen LogP) is 1.32. The number of hydrogen-bond donors (Lipinski definition) is 2. The van der Waals surface area contributed by atoms with Gasteiger partial charge in [0.25, 0.3) is 0 Å². The summed E-state index contributed by atoms with van der Waals surface area (Å²) in [5.41, 5.74) is -1.44. The molecule has 0 aliphatic rings. The van der Waals surface area contributed by atoms with Gasteiger partial charge in [-0.2, -0.15) is 0 Å². The molecular weight excluding hydrogens is 274 g/mol. The van der Waals surface area contributed by atoms with E-state index in [2.05, 4.69) is 0 Å². The molecule has 5 nitrogen and oxygen atoms in total. The van der Waals surface area contributed by atoms with Gasteiger partial charge in [-0.1, -0.05) is 6.04 Å². The van der Waals surface area contributed by atoms with Crippen LogP contribution >= 0.6 is 0 Å². The monoisotopic (exact) mass is 306 g/mol. The Morgan fingerprint density at radius 3 is 3.10 bits per heavy atom. The number of aromatic amines is 1. The van der Waals surface area contributed by atoms with E-state index in [1.54, 1.807) is 14.1 Å². The first-order valence-corrected chi connectivity index (χ1v) is 7.25. The molecule has 2 N–H and O–H groups in total. The molecule has 0 aliphatic heterocycles. The van der Waals surface area contributed by atoms with Crippen LogP contribution in [0.25, 0.3) is 10.9 Å². The maximum Gasteiger partial charge on any atom is 0.215 e. The SMILES string of the molecule is [2H]c1c(CS(=O)(=O)N([2H])C([2H])([2H])[2H])c([2H])c2c(C([2H])([2H])CN(C)C)c([2H])n([2H])c2c1[2H]. The van der Waals surface area contributed by atoms with Gasteiger partial charge >= 0.3 is 0 Å². The highest BCUT2D eigenvalue weighted by atomic mass is 32.2. The molecule has 20 heavy (non-hydrogen) atoms. The average Bonchev–Trinajstić information content (AvgIpc) is 2.86. The van der Waals surface area contributed by atoms with Crippen molar-refractivity contribution >= 4 is 20.9 Å². The zero-order chi connectivity index (χ0) is 24.3. The first kappa shape index (κ1) is 6.17. The maximum absolute atomic E-state index is 12.4. The van der Waals surface area contributed by atoms with Gasteiger partial charge in [0.2, 0.25) is 10.0 Å². The predicted molar refractivity (Wildman–Crippen MR) is 82.2 cm³/mol. The Kier molecular flexibility index (Phi) is 1.84. The summed E-state index contributed by atoms with van der Waals surface area (Å²) >= 11 is 0. The summed E-state index contributed by atoms with van der Waals surface area (Å²) in [6, 6.07) is -2.21. The summed E-state index contributed by atoms with van der Waals surface area (Å²) in [6.07, 6.45) is -2.93. The zero-order valence-corrected chi connectivity index (χ0v) is 11.8. The van der Waals surface area contributed by atoms with Crippen molar-refractivity contribution in [1.82, 2.24) is 14.6 Å². The largest absolute Gasteiger partial charge is 0.361 e. The lowest BCUT2D eigenvalue weighted by Crippen LogP contribution is -2.20. The molecule has 0 spiro atoms. The van der Waals surface area contributed by atoms with Gasteiger partial charge in [-0.25, -0.2) is 13.1 Å². The van der Waals surface area contributed by atoms with E-state index < -0.39 is 74.8 Å². The second kappa shape index (κ2) is 5.95. The second-order valence-electron chi connectivity index (χ2n) is 4.41. The van der Waals surface area contributed by atoms with Gasteiger partial charge in [-0.05, 0) is 50.7 Å². The van der Waals surface area contributed by atoms with Gasteiger partial charge in [0, 0.05) is 30.5 Å². The smallest absolute Gasteiger partial charge is 0.215 e. The molecule has 2 rings (SSSR count). The minimum atomic E-state index is -4.86. The molecule has 0 radical (unpaired) electrons. The van der Waals surface area contributed by atoms with Crippen LogP contribution in [0.3, 0.4) is 0 Å². The van der Waals surface area contributed by atoms with Gasteiger partial charge in [-0.3, -0.25) is 0 Å². The van der Waals surface area contributed by atoms with Crippen molar-refractivity contribution in [2.24, 2.45) is 0 Å². The van der Waals surface area contributed by atoms with Crippen molar-refractivity contribution in [3.05, 3.63) is 35.4 Å². The van der Waals surface area contributed by atoms with Crippen LogP contribution in [0.2, 0.25) is 2.82 Å². The van der Waals surface area contributed by atoms with Gasteiger partial charge in [0.15, 0.2) is 1.41 Å². The summed E-state index contributed by atoms with van der Waals surface area (Å²) in [5.74, 6) is -1.26. The van der Waals surface area contributed by atoms with Crippen LogP contribution < -0.4 is 4.72 Å². The van der Waals surface area contributed by atoms with Crippen molar-refractivity contribution in [1.29, 1.82) is 0 Å². The molecule has 0 saturated carbocycles. The topological polar surface area (TPSA) is 65.2 Å². The van der Waals surface area contributed by atoms with Gasteiger partial charge in [0.1, 0.15) is 1.41 Å². The molecule has 0 bridgehead atoms. The minimum Gasteiger partial charge on any atom is -0.361 e. The molecule has 6 heteroatoms. The van der Waals surface area contributed by atoms with Gasteiger partial charge < -0.3 is 9.88 Å². The Balaban J connectivity index is 2.88. The van der Waals surface area contributed by atoms with E-state index in [4.69, 9.17) is 15.2 Å². The molecule has 110 valence electrons. The summed E-state index contributed by atoms with van der Waals surface area (Å²) in [4.78, 5) is 1.88. The second-order valence-corrected chi connectivity index (χ2v) is 6.04. The van der Waals surface area contributed by atoms with E-state index in [9.17, 15) is 8.42 Å². The maximum atomic E-state index is 12.4. The third kappa shape index (κ3) is 3.59. The summed E-state index contributed by atoms with van der Waals surface area (Å²) < 4.78 is 110. The Hall–Kier alpha value is -1.37. The fourth-order valence-electron chi connectivity index (χ4n) is 1.52. The fourth-order valence-corrected chi connectivity index (χ4v) is 2.10. The van der Waals surface area contributed by atoms with E-state index >= 15 is 0 Å². The summed E-state index contributed by atoms with van der Waals surface area (Å²) in [7, 11) is -1.73. The van der Waals surface area contributed by atoms with Crippen LogP contribution in [0.1, 0.15) is 23.5 Å². The van der Waals surface area contributed by atoms with Gasteiger partial charge in [-0.15, -0.1) is 0 Å². The number of nitrogens with zero attached hydrogens (tertiary/aromatic N) is 1. The van der Waals surface area contributed by atoms with Crippen molar-refractivity contribution in [2.45, 2.75) is 12.1 Å². The van der Waals surface area contributed by atoms with E-state index in [1.807, 2.05) is 0 Å². The quantitative estimate of drug-likeness (QED) is 0.846. The molecule has 1 aromatic carbocycles. The highest BCUT2D eigenvalue weighted by Gasteiger charge is 2.11. The summed E-state index contributed by atoms with van der Waals surface area (Å²) in [6.45, 7) is -3.58. The van der Waals surface area contributed by atoms with Crippen molar-refractivity contribution in [3.8, 4) is 0 Å². The standard InChI is InChI=1S/C14H21N3O2S/c1-15-20(18,19)10-11-4-5-14-13(8-11)12(9-16-14)6-7-17(2)3/h4-5,8-9,15-16H,6-7,10H2,1-3H3/i1D3,4D,5D,6D2,8D,9D/hD2. The Morgan fingerprint density at radius 1 is 1.60 bits per heavy atom. The zero-order valence-electron chi connectivity index (χ0n) is 22.0. The minimum absolute atomic E-state index is 0.249. The molecule has 2 aromatic rings. The third-order valence-electron chi connectivity index (χ3n) is 2.41. The van der Waals surface area contributed by atoms with Crippen LogP contribution in [0, 0.1) is 0 Å². The van der Waals surface area contributed by atoms with Gasteiger partial charge in [0.05, 0.1) is 11.2 Å². The number of nitrogens with one attached hydrogen (secondary N) is 2.